The van der Waals surface area contributed by atoms with Crippen LogP contribution in [0.25, 0.3) is 0 Å². The molecule has 6 nitrogen and oxygen atoms in total. The van der Waals surface area contributed by atoms with Gasteiger partial charge in [-0.3, -0.25) is 9.59 Å². The van der Waals surface area contributed by atoms with Crippen LogP contribution in [0, 0.1) is 12.3 Å². The molecule has 3 N–H and O–H groups in total. The maximum absolute atomic E-state index is 11.0. The Balaban J connectivity index is 4.82. The van der Waals surface area contributed by atoms with Gasteiger partial charge in [-0.15, -0.1) is 6.42 Å². The lowest BCUT2D eigenvalue weighted by Gasteiger charge is -2.20. The van der Waals surface area contributed by atoms with E-state index in [0.717, 1.165) is 13.0 Å². The Morgan fingerprint density at radius 2 is 1.94 bits per heavy atom. The minimum atomic E-state index is -1.88. The number of carbonyl (C=O) groups is 3. The van der Waals surface area contributed by atoms with Crippen LogP contribution in [0.15, 0.2) is 12.2 Å². The number of rotatable bonds is 5. The van der Waals surface area contributed by atoms with E-state index in [0.29, 0.717) is 0 Å². The number of nitrogens with one attached hydrogen (secondary N) is 2. The van der Waals surface area contributed by atoms with Gasteiger partial charge in [0.25, 0.3) is 0 Å². The third-order valence-corrected chi connectivity index (χ3v) is 1.77. The van der Waals surface area contributed by atoms with Gasteiger partial charge in [-0.1, -0.05) is 12.0 Å². The van der Waals surface area contributed by atoms with Crippen molar-refractivity contribution in [1.29, 1.82) is 0 Å². The Labute approximate surface area is 99.1 Å². The van der Waals surface area contributed by atoms with Gasteiger partial charge in [0.2, 0.25) is 17.4 Å². The summed E-state index contributed by atoms with van der Waals surface area (Å²) in [4.78, 5) is 32.5. The molecule has 6 heteroatoms. The molecule has 0 saturated carbocycles. The summed E-state index contributed by atoms with van der Waals surface area (Å²) < 4.78 is 0. The quantitative estimate of drug-likeness (QED) is 0.434. The second-order valence-corrected chi connectivity index (χ2v) is 3.28. The lowest BCUT2D eigenvalue weighted by Crippen LogP contribution is -2.51. The van der Waals surface area contributed by atoms with E-state index in [9.17, 15) is 14.4 Å². The molecule has 0 heterocycles. The van der Waals surface area contributed by atoms with E-state index < -0.39 is 17.4 Å². The highest BCUT2D eigenvalue weighted by molar-refractivity contribution is 5.91. The SMILES string of the molecule is C#CC(C=CCNC(C)=O)(NC(C)=O)C(=O)O. The molecule has 0 aromatic rings. The van der Waals surface area contributed by atoms with Gasteiger partial charge in [-0.05, 0) is 6.08 Å². The van der Waals surface area contributed by atoms with Crippen molar-refractivity contribution in [1.82, 2.24) is 10.6 Å². The summed E-state index contributed by atoms with van der Waals surface area (Å²) >= 11 is 0. The molecule has 2 amide bonds. The predicted octanol–water partition coefficient (Wildman–Crippen LogP) is -0.729. The van der Waals surface area contributed by atoms with E-state index in [1.807, 2.05) is 5.92 Å². The first-order chi connectivity index (χ1) is 7.84. The number of carboxylic acids is 1. The molecule has 1 unspecified atom stereocenters. The Bertz CT molecular complexity index is 395. The van der Waals surface area contributed by atoms with Gasteiger partial charge in [-0.2, -0.15) is 0 Å². The van der Waals surface area contributed by atoms with Crippen molar-refractivity contribution in [2.24, 2.45) is 0 Å². The Morgan fingerprint density at radius 1 is 1.35 bits per heavy atom. The van der Waals surface area contributed by atoms with Crippen LogP contribution in [0.1, 0.15) is 13.8 Å². The van der Waals surface area contributed by atoms with Crippen LogP contribution in [-0.2, 0) is 14.4 Å². The van der Waals surface area contributed by atoms with Crippen molar-refractivity contribution in [2.75, 3.05) is 6.54 Å². The van der Waals surface area contributed by atoms with E-state index in [4.69, 9.17) is 11.5 Å². The van der Waals surface area contributed by atoms with Gasteiger partial charge in [0.1, 0.15) is 0 Å². The van der Waals surface area contributed by atoms with E-state index >= 15 is 0 Å². The highest BCUT2D eigenvalue weighted by Gasteiger charge is 2.34. The number of carboxylic acid groups (broad SMARTS) is 1. The Kier molecular flexibility index (Phi) is 5.47. The van der Waals surface area contributed by atoms with Crippen LogP contribution < -0.4 is 10.6 Å². The molecule has 0 aliphatic rings. The minimum Gasteiger partial charge on any atom is -0.479 e. The molecule has 0 bridgehead atoms. The zero-order valence-corrected chi connectivity index (χ0v) is 9.61. The maximum atomic E-state index is 11.0. The molecule has 0 fully saturated rings. The normalized spacial score (nSPS) is 13.5. The summed E-state index contributed by atoms with van der Waals surface area (Å²) in [6, 6.07) is 0. The molecular weight excluding hydrogens is 224 g/mol. The van der Waals surface area contributed by atoms with Gasteiger partial charge in [0.05, 0.1) is 0 Å². The minimum absolute atomic E-state index is 0.131. The Hall–Kier alpha value is -2.29. The van der Waals surface area contributed by atoms with Crippen molar-refractivity contribution in [3.8, 4) is 12.3 Å². The zero-order valence-electron chi connectivity index (χ0n) is 9.61. The summed E-state index contributed by atoms with van der Waals surface area (Å²) in [5.41, 5.74) is -1.88. The number of amides is 2. The van der Waals surface area contributed by atoms with Crippen molar-refractivity contribution >= 4 is 17.8 Å². The van der Waals surface area contributed by atoms with Gasteiger partial charge in [-0.25, -0.2) is 4.79 Å². The van der Waals surface area contributed by atoms with E-state index in [2.05, 4.69) is 10.6 Å². The van der Waals surface area contributed by atoms with Gasteiger partial charge in [0.15, 0.2) is 0 Å². The monoisotopic (exact) mass is 238 g/mol. The fourth-order valence-electron chi connectivity index (χ4n) is 1.03. The maximum Gasteiger partial charge on any atom is 0.346 e. The van der Waals surface area contributed by atoms with Crippen LogP contribution in [0.3, 0.4) is 0 Å². The van der Waals surface area contributed by atoms with Crippen LogP contribution >= 0.6 is 0 Å². The second kappa shape index (κ2) is 6.33. The van der Waals surface area contributed by atoms with E-state index in [1.54, 1.807) is 0 Å². The molecule has 17 heavy (non-hydrogen) atoms. The second-order valence-electron chi connectivity index (χ2n) is 3.28. The third kappa shape index (κ3) is 4.84. The molecule has 0 aromatic heterocycles. The first-order valence-electron chi connectivity index (χ1n) is 4.76. The summed E-state index contributed by atoms with van der Waals surface area (Å²) in [7, 11) is 0. The van der Waals surface area contributed by atoms with Crippen molar-refractivity contribution in [3.63, 3.8) is 0 Å². The van der Waals surface area contributed by atoms with Crippen LogP contribution in [0.4, 0.5) is 0 Å². The summed E-state index contributed by atoms with van der Waals surface area (Å²) in [6.07, 6.45) is 7.63. The van der Waals surface area contributed by atoms with Gasteiger partial charge >= 0.3 is 5.97 Å². The van der Waals surface area contributed by atoms with E-state index in [1.165, 1.54) is 13.0 Å². The molecule has 0 aromatic carbocycles. The number of carbonyl (C=O) groups excluding carboxylic acids is 2. The molecule has 0 spiro atoms. The fourth-order valence-corrected chi connectivity index (χ4v) is 1.03. The molecule has 0 radical (unpaired) electrons. The van der Waals surface area contributed by atoms with Crippen LogP contribution in [0.2, 0.25) is 0 Å². The zero-order chi connectivity index (χ0) is 13.5. The smallest absolute Gasteiger partial charge is 0.346 e. The van der Waals surface area contributed by atoms with E-state index in [-0.39, 0.29) is 12.5 Å². The number of aliphatic carboxylic acids is 1. The first kappa shape index (κ1) is 14.7. The Morgan fingerprint density at radius 3 is 2.29 bits per heavy atom. The molecule has 0 rings (SSSR count). The average Bonchev–Trinajstić information content (AvgIpc) is 2.21. The fraction of sp³-hybridized carbons (Fsp3) is 0.364. The summed E-state index contributed by atoms with van der Waals surface area (Å²) in [5, 5.41) is 13.6. The molecular formula is C11H14N2O4. The summed E-state index contributed by atoms with van der Waals surface area (Å²) in [6.45, 7) is 2.62. The molecule has 0 aliphatic heterocycles. The largest absolute Gasteiger partial charge is 0.479 e. The average molecular weight is 238 g/mol. The van der Waals surface area contributed by atoms with Crippen LogP contribution in [0.5, 0.6) is 0 Å². The van der Waals surface area contributed by atoms with Gasteiger partial charge < -0.3 is 15.7 Å². The number of hydrogen-bond acceptors (Lipinski definition) is 3. The topological polar surface area (TPSA) is 95.5 Å². The summed E-state index contributed by atoms with van der Waals surface area (Å²) in [5.74, 6) is -0.177. The predicted molar refractivity (Wildman–Crippen MR) is 60.8 cm³/mol. The van der Waals surface area contributed by atoms with Gasteiger partial charge in [0, 0.05) is 20.4 Å². The lowest BCUT2D eigenvalue weighted by molar-refractivity contribution is -0.142. The highest BCUT2D eigenvalue weighted by atomic mass is 16.4. The van der Waals surface area contributed by atoms with Crippen LogP contribution in [-0.4, -0.2) is 35.0 Å². The molecule has 0 saturated heterocycles. The molecule has 0 aliphatic carbocycles. The third-order valence-electron chi connectivity index (χ3n) is 1.77. The van der Waals surface area contributed by atoms with Crippen molar-refractivity contribution in [2.45, 2.75) is 19.4 Å². The van der Waals surface area contributed by atoms with Crippen molar-refractivity contribution < 1.29 is 19.5 Å². The molecule has 1 atom stereocenters. The highest BCUT2D eigenvalue weighted by Crippen LogP contribution is 2.06. The standard InChI is InChI=1S/C11H14N2O4/c1-4-11(10(16)17,13-9(3)15)6-5-7-12-8(2)14/h1,5-6H,7H2,2-3H3,(H,12,14)(H,13,15)(H,16,17). The first-order valence-corrected chi connectivity index (χ1v) is 4.76. The van der Waals surface area contributed by atoms with Crippen molar-refractivity contribution in [3.05, 3.63) is 12.2 Å². The number of hydrogen-bond donors (Lipinski definition) is 3. The molecule has 92 valence electrons. The number of terminal acetylenes is 1. The lowest BCUT2D eigenvalue weighted by atomic mass is 10.00.